The van der Waals surface area contributed by atoms with Crippen LogP contribution >= 0.6 is 15.9 Å². The van der Waals surface area contributed by atoms with Crippen LogP contribution in [-0.4, -0.2) is 18.1 Å². The molecule has 1 aromatic heterocycles. The summed E-state index contributed by atoms with van der Waals surface area (Å²) in [6, 6.07) is 14.7. The summed E-state index contributed by atoms with van der Waals surface area (Å²) in [4.78, 5) is 3.60. The van der Waals surface area contributed by atoms with Crippen LogP contribution in [0.3, 0.4) is 0 Å². The van der Waals surface area contributed by atoms with Crippen molar-refractivity contribution in [2.75, 3.05) is 13.2 Å². The molecule has 4 heteroatoms. The van der Waals surface area contributed by atoms with Gasteiger partial charge >= 0.3 is 0 Å². The molecule has 0 unspecified atom stereocenters. The van der Waals surface area contributed by atoms with Gasteiger partial charge in [0.15, 0.2) is 0 Å². The third-order valence-electron chi connectivity index (χ3n) is 4.18. The van der Waals surface area contributed by atoms with Crippen molar-refractivity contribution in [3.63, 3.8) is 0 Å². The molecule has 0 radical (unpaired) electrons. The van der Waals surface area contributed by atoms with E-state index in [4.69, 9.17) is 10.5 Å². The van der Waals surface area contributed by atoms with Crippen molar-refractivity contribution >= 4 is 26.8 Å². The van der Waals surface area contributed by atoms with Crippen LogP contribution in [-0.2, 0) is 6.42 Å². The van der Waals surface area contributed by atoms with Crippen molar-refractivity contribution in [2.24, 2.45) is 5.73 Å². The number of halogens is 1. The monoisotopic (exact) mass is 386 g/mol. The van der Waals surface area contributed by atoms with E-state index in [9.17, 15) is 0 Å². The molecule has 24 heavy (non-hydrogen) atoms. The summed E-state index contributed by atoms with van der Waals surface area (Å²) < 4.78 is 6.77. The first kappa shape index (κ1) is 17.1. The zero-order valence-electron chi connectivity index (χ0n) is 13.9. The van der Waals surface area contributed by atoms with Crippen LogP contribution in [0.4, 0.5) is 0 Å². The number of unbranched alkanes of at least 4 members (excludes halogenated alkanes) is 1. The van der Waals surface area contributed by atoms with Crippen LogP contribution in [0, 0.1) is 0 Å². The van der Waals surface area contributed by atoms with Crippen molar-refractivity contribution in [1.82, 2.24) is 4.98 Å². The maximum absolute atomic E-state index is 5.69. The summed E-state index contributed by atoms with van der Waals surface area (Å²) in [5, 5.41) is 1.24. The van der Waals surface area contributed by atoms with Crippen molar-refractivity contribution < 1.29 is 4.74 Å². The number of hydrogen-bond acceptors (Lipinski definition) is 2. The Balaban J connectivity index is 2.10. The van der Waals surface area contributed by atoms with Crippen molar-refractivity contribution in [1.29, 1.82) is 0 Å². The number of aromatic nitrogens is 1. The first-order valence-electron chi connectivity index (χ1n) is 8.46. The average Bonchev–Trinajstić information content (AvgIpc) is 2.94. The molecular formula is C20H23BrN2O. The number of fused-ring (bicyclic) bond motifs is 1. The van der Waals surface area contributed by atoms with Gasteiger partial charge in [0.05, 0.1) is 6.61 Å². The van der Waals surface area contributed by atoms with E-state index >= 15 is 0 Å². The molecule has 0 atom stereocenters. The molecule has 0 aliphatic carbocycles. The van der Waals surface area contributed by atoms with E-state index in [2.05, 4.69) is 51.2 Å². The van der Waals surface area contributed by atoms with Gasteiger partial charge in [0.2, 0.25) is 0 Å². The third kappa shape index (κ3) is 3.65. The van der Waals surface area contributed by atoms with Crippen molar-refractivity contribution in [2.45, 2.75) is 26.2 Å². The lowest BCUT2D eigenvalue weighted by atomic mass is 10.0. The Morgan fingerprint density at radius 2 is 2.00 bits per heavy atom. The molecule has 0 spiro atoms. The molecule has 0 aliphatic heterocycles. The standard InChI is InChI=1S/C20H23BrN2O/c1-2-24-16-9-10-19-18(13-16)17(8-3-4-11-22)20(23-19)14-6-5-7-15(21)12-14/h5-7,9-10,12-13,23H,2-4,8,11,22H2,1H3. The van der Waals surface area contributed by atoms with E-state index in [-0.39, 0.29) is 0 Å². The predicted octanol–water partition coefficient (Wildman–Crippen LogP) is 5.28. The number of rotatable bonds is 7. The number of ether oxygens (including phenoxy) is 1. The Kier molecular flexibility index (Phi) is 5.59. The highest BCUT2D eigenvalue weighted by atomic mass is 79.9. The lowest BCUT2D eigenvalue weighted by Crippen LogP contribution is -1.99. The Bertz CT molecular complexity index is 826. The molecule has 3 N–H and O–H groups in total. The SMILES string of the molecule is CCOc1ccc2[nH]c(-c3cccc(Br)c3)c(CCCCN)c2c1. The van der Waals surface area contributed by atoms with Crippen molar-refractivity contribution in [3.05, 3.63) is 52.5 Å². The number of aryl methyl sites for hydroxylation is 1. The maximum Gasteiger partial charge on any atom is 0.120 e. The van der Waals surface area contributed by atoms with Gasteiger partial charge in [0.25, 0.3) is 0 Å². The normalized spacial score (nSPS) is 11.1. The van der Waals surface area contributed by atoms with Crippen LogP contribution in [0.5, 0.6) is 5.75 Å². The smallest absolute Gasteiger partial charge is 0.120 e. The summed E-state index contributed by atoms with van der Waals surface area (Å²) in [5.41, 5.74) is 10.6. The zero-order chi connectivity index (χ0) is 16.9. The number of aromatic amines is 1. The van der Waals surface area contributed by atoms with Gasteiger partial charge in [-0.25, -0.2) is 0 Å². The van der Waals surface area contributed by atoms with Gasteiger partial charge in [-0.1, -0.05) is 28.1 Å². The molecule has 0 amide bonds. The number of benzene rings is 2. The minimum Gasteiger partial charge on any atom is -0.494 e. The Morgan fingerprint density at radius 3 is 2.75 bits per heavy atom. The Morgan fingerprint density at radius 1 is 1.12 bits per heavy atom. The van der Waals surface area contributed by atoms with Gasteiger partial charge in [0.1, 0.15) is 5.75 Å². The number of nitrogens with two attached hydrogens (primary N) is 1. The topological polar surface area (TPSA) is 51.0 Å². The van der Waals surface area contributed by atoms with E-state index in [1.807, 2.05) is 19.1 Å². The fourth-order valence-corrected chi connectivity index (χ4v) is 3.48. The first-order valence-corrected chi connectivity index (χ1v) is 9.25. The second-order valence-corrected chi connectivity index (χ2v) is 6.79. The van der Waals surface area contributed by atoms with Gasteiger partial charge in [-0.05, 0) is 74.2 Å². The van der Waals surface area contributed by atoms with E-state index < -0.39 is 0 Å². The zero-order valence-corrected chi connectivity index (χ0v) is 15.5. The minimum absolute atomic E-state index is 0.678. The molecule has 3 nitrogen and oxygen atoms in total. The van der Waals surface area contributed by atoms with Crippen LogP contribution in [0.15, 0.2) is 46.9 Å². The van der Waals surface area contributed by atoms with Crippen LogP contribution in [0.25, 0.3) is 22.2 Å². The van der Waals surface area contributed by atoms with E-state index in [1.165, 1.54) is 22.2 Å². The molecule has 2 aromatic carbocycles. The Hall–Kier alpha value is -1.78. The highest BCUT2D eigenvalue weighted by molar-refractivity contribution is 9.10. The van der Waals surface area contributed by atoms with Gasteiger partial charge in [0, 0.05) is 21.1 Å². The molecule has 1 heterocycles. The summed E-state index contributed by atoms with van der Waals surface area (Å²) in [7, 11) is 0. The van der Waals surface area contributed by atoms with Gasteiger partial charge in [-0.3, -0.25) is 0 Å². The van der Waals surface area contributed by atoms with E-state index in [1.54, 1.807) is 0 Å². The summed E-state index contributed by atoms with van der Waals surface area (Å²) in [5.74, 6) is 0.921. The second kappa shape index (κ2) is 7.86. The van der Waals surface area contributed by atoms with Gasteiger partial charge < -0.3 is 15.5 Å². The highest BCUT2D eigenvalue weighted by Crippen LogP contribution is 2.34. The van der Waals surface area contributed by atoms with Crippen LogP contribution in [0.2, 0.25) is 0 Å². The van der Waals surface area contributed by atoms with E-state index in [0.717, 1.165) is 41.5 Å². The largest absolute Gasteiger partial charge is 0.494 e. The van der Waals surface area contributed by atoms with Crippen LogP contribution < -0.4 is 10.5 Å². The highest BCUT2D eigenvalue weighted by Gasteiger charge is 2.14. The molecule has 126 valence electrons. The predicted molar refractivity (Wildman–Crippen MR) is 105 cm³/mol. The fraction of sp³-hybridized carbons (Fsp3) is 0.300. The number of hydrogen-bond donors (Lipinski definition) is 2. The molecule has 0 saturated carbocycles. The average molecular weight is 387 g/mol. The fourth-order valence-electron chi connectivity index (χ4n) is 3.08. The lowest BCUT2D eigenvalue weighted by Gasteiger charge is -2.07. The number of nitrogens with one attached hydrogen (secondary N) is 1. The lowest BCUT2D eigenvalue weighted by molar-refractivity contribution is 0.340. The van der Waals surface area contributed by atoms with Crippen molar-refractivity contribution in [3.8, 4) is 17.0 Å². The molecule has 0 saturated heterocycles. The van der Waals surface area contributed by atoms with Gasteiger partial charge in [-0.2, -0.15) is 0 Å². The number of H-pyrrole nitrogens is 1. The van der Waals surface area contributed by atoms with Crippen LogP contribution in [0.1, 0.15) is 25.3 Å². The molecule has 0 bridgehead atoms. The molecular weight excluding hydrogens is 364 g/mol. The summed E-state index contributed by atoms with van der Waals surface area (Å²) in [6.45, 7) is 3.42. The Labute approximate surface area is 151 Å². The van der Waals surface area contributed by atoms with E-state index in [0.29, 0.717) is 6.61 Å². The quantitative estimate of drug-likeness (QED) is 0.542. The second-order valence-electron chi connectivity index (χ2n) is 5.88. The molecule has 0 fully saturated rings. The summed E-state index contributed by atoms with van der Waals surface area (Å²) >= 11 is 3.57. The third-order valence-corrected chi connectivity index (χ3v) is 4.68. The molecule has 3 aromatic rings. The first-order chi connectivity index (χ1) is 11.7. The maximum atomic E-state index is 5.69. The molecule has 3 rings (SSSR count). The van der Waals surface area contributed by atoms with Gasteiger partial charge in [-0.15, -0.1) is 0 Å². The summed E-state index contributed by atoms with van der Waals surface area (Å²) in [6.07, 6.45) is 3.13. The minimum atomic E-state index is 0.678. The molecule has 0 aliphatic rings.